The minimum absolute atomic E-state index is 0.203. The van der Waals surface area contributed by atoms with Crippen molar-refractivity contribution in [3.8, 4) is 11.5 Å². The predicted octanol–water partition coefficient (Wildman–Crippen LogP) is 5.86. The van der Waals surface area contributed by atoms with Crippen LogP contribution in [0.1, 0.15) is 54.4 Å². The van der Waals surface area contributed by atoms with Gasteiger partial charge in [0.2, 0.25) is 5.91 Å². The molecule has 2 aliphatic heterocycles. The number of methoxy groups -OCH3 is 1. The van der Waals surface area contributed by atoms with E-state index in [4.69, 9.17) is 9.47 Å². The topological polar surface area (TPSA) is 54.9 Å². The average molecular weight is 542 g/mol. The second kappa shape index (κ2) is 13.3. The van der Waals surface area contributed by atoms with Crippen LogP contribution < -0.4 is 9.47 Å². The fourth-order valence-corrected chi connectivity index (χ4v) is 6.44. The van der Waals surface area contributed by atoms with Crippen molar-refractivity contribution in [1.29, 1.82) is 0 Å². The highest BCUT2D eigenvalue weighted by Gasteiger charge is 2.37. The van der Waals surface area contributed by atoms with E-state index in [0.29, 0.717) is 13.0 Å². The molecule has 0 atom stereocenters. The zero-order chi connectivity index (χ0) is 27.8. The first kappa shape index (κ1) is 28.2. The molecule has 6 nitrogen and oxygen atoms in total. The molecule has 1 aromatic heterocycles. The zero-order valence-electron chi connectivity index (χ0n) is 24.1. The minimum Gasteiger partial charge on any atom is -0.496 e. The highest BCUT2D eigenvalue weighted by molar-refractivity contribution is 5.79. The Morgan fingerprint density at radius 1 is 1.00 bits per heavy atom. The van der Waals surface area contributed by atoms with Crippen molar-refractivity contribution >= 4 is 5.91 Å². The number of carbonyl (C=O) groups excluding carboxylic acids is 1. The summed E-state index contributed by atoms with van der Waals surface area (Å²) in [6.45, 7) is 7.10. The van der Waals surface area contributed by atoms with Crippen LogP contribution in [0.5, 0.6) is 11.5 Å². The summed E-state index contributed by atoms with van der Waals surface area (Å²) in [4.78, 5) is 22.3. The maximum atomic E-state index is 13.3. The molecular formula is C34H43N3O3. The summed E-state index contributed by atoms with van der Waals surface area (Å²) in [5.41, 5.74) is 4.86. The van der Waals surface area contributed by atoms with Gasteiger partial charge in [0.1, 0.15) is 18.1 Å². The number of likely N-dealkylation sites (tertiary alicyclic amines) is 1. The summed E-state index contributed by atoms with van der Waals surface area (Å²) in [6, 6.07) is 18.7. The van der Waals surface area contributed by atoms with Crippen LogP contribution in [0.15, 0.2) is 67.0 Å². The van der Waals surface area contributed by atoms with Gasteiger partial charge >= 0.3 is 0 Å². The van der Waals surface area contributed by atoms with Crippen LogP contribution >= 0.6 is 0 Å². The van der Waals surface area contributed by atoms with Crippen LogP contribution in [0.2, 0.25) is 0 Å². The van der Waals surface area contributed by atoms with Crippen molar-refractivity contribution < 1.29 is 14.3 Å². The number of aryl methyl sites for hydroxylation is 2. The third-order valence-electron chi connectivity index (χ3n) is 8.72. The second-order valence-corrected chi connectivity index (χ2v) is 11.6. The molecule has 1 saturated heterocycles. The largest absolute Gasteiger partial charge is 0.496 e. The summed E-state index contributed by atoms with van der Waals surface area (Å²) in [7, 11) is 1.68. The number of ether oxygens (including phenoxy) is 2. The molecule has 0 aliphatic carbocycles. The Morgan fingerprint density at radius 2 is 1.85 bits per heavy atom. The van der Waals surface area contributed by atoms with E-state index < -0.39 is 0 Å². The van der Waals surface area contributed by atoms with E-state index in [2.05, 4.69) is 51.2 Å². The first-order chi connectivity index (χ1) is 19.5. The smallest absolute Gasteiger partial charge is 0.226 e. The van der Waals surface area contributed by atoms with E-state index >= 15 is 0 Å². The number of fused-ring (bicyclic) bond motifs is 1. The lowest BCUT2D eigenvalue weighted by Crippen LogP contribution is -2.48. The maximum Gasteiger partial charge on any atom is 0.226 e. The fourth-order valence-electron chi connectivity index (χ4n) is 6.44. The number of pyridine rings is 1. The summed E-state index contributed by atoms with van der Waals surface area (Å²) < 4.78 is 11.7. The Morgan fingerprint density at radius 3 is 2.62 bits per heavy atom. The van der Waals surface area contributed by atoms with Gasteiger partial charge in [-0.3, -0.25) is 14.7 Å². The van der Waals surface area contributed by atoms with Gasteiger partial charge in [0.15, 0.2) is 0 Å². The molecular weight excluding hydrogens is 498 g/mol. The number of carbonyl (C=O) groups is 1. The van der Waals surface area contributed by atoms with Gasteiger partial charge in [-0.05, 0) is 84.9 Å². The molecule has 0 radical (unpaired) electrons. The molecule has 0 N–H and O–H groups in total. The Hall–Kier alpha value is -3.38. The van der Waals surface area contributed by atoms with Gasteiger partial charge in [0.05, 0.1) is 13.5 Å². The van der Waals surface area contributed by atoms with Crippen LogP contribution in [0.4, 0.5) is 0 Å². The molecule has 3 aromatic rings. The molecule has 5 rings (SSSR count). The normalized spacial score (nSPS) is 18.2. The van der Waals surface area contributed by atoms with E-state index in [1.165, 1.54) is 24.0 Å². The van der Waals surface area contributed by atoms with Crippen molar-refractivity contribution in [3.63, 3.8) is 0 Å². The van der Waals surface area contributed by atoms with Crippen LogP contribution in [0.3, 0.4) is 0 Å². The van der Waals surface area contributed by atoms with Gasteiger partial charge in [0, 0.05) is 45.1 Å². The van der Waals surface area contributed by atoms with Gasteiger partial charge in [0.25, 0.3) is 0 Å². The first-order valence-corrected chi connectivity index (χ1v) is 14.8. The highest BCUT2D eigenvalue weighted by Crippen LogP contribution is 2.39. The van der Waals surface area contributed by atoms with E-state index in [0.717, 1.165) is 81.0 Å². The molecule has 212 valence electrons. The number of hydrogen-bond donors (Lipinski definition) is 0. The molecule has 2 aromatic carbocycles. The lowest BCUT2D eigenvalue weighted by molar-refractivity contribution is -0.133. The van der Waals surface area contributed by atoms with E-state index in [1.807, 2.05) is 37.5 Å². The van der Waals surface area contributed by atoms with Crippen LogP contribution in [0, 0.1) is 12.3 Å². The van der Waals surface area contributed by atoms with Gasteiger partial charge in [-0.1, -0.05) is 42.8 Å². The van der Waals surface area contributed by atoms with Gasteiger partial charge < -0.3 is 14.4 Å². The molecule has 3 heterocycles. The van der Waals surface area contributed by atoms with Gasteiger partial charge in [-0.2, -0.15) is 0 Å². The number of para-hydroxylation sites is 1. The van der Waals surface area contributed by atoms with Crippen molar-refractivity contribution in [2.75, 3.05) is 39.9 Å². The van der Waals surface area contributed by atoms with E-state index in [-0.39, 0.29) is 11.3 Å². The van der Waals surface area contributed by atoms with E-state index in [9.17, 15) is 4.79 Å². The number of aromatic nitrogens is 1. The molecule has 1 amide bonds. The Kier molecular flexibility index (Phi) is 9.38. The maximum absolute atomic E-state index is 13.3. The number of rotatable bonds is 5. The number of benzene rings is 2. The molecule has 0 saturated carbocycles. The monoisotopic (exact) mass is 541 g/mol. The molecule has 40 heavy (non-hydrogen) atoms. The highest BCUT2D eigenvalue weighted by atomic mass is 16.5. The molecule has 0 bridgehead atoms. The Labute approximate surface area is 239 Å². The SMILES string of the molecule is COc1ccc(CC(=O)N2CCC3(CCCCc4ccccc4OCCN(Cc4cccnc4)C3)CC2)cc1C. The summed E-state index contributed by atoms with van der Waals surface area (Å²) in [5, 5.41) is 0. The molecule has 1 spiro atoms. The number of hydrogen-bond acceptors (Lipinski definition) is 5. The standard InChI is InChI=1S/C34H43N3O3/c1-27-22-28(12-13-31(27)39-2)23-33(38)37-18-15-34(16-19-37)14-6-5-10-30-9-3-4-11-32(30)40-21-20-36(26-34)25-29-8-7-17-35-24-29/h3-4,7-9,11-13,17,22,24H,5-6,10,14-16,18-21,23,25-26H2,1-2H3. The molecule has 1 fully saturated rings. The lowest BCUT2D eigenvalue weighted by Gasteiger charge is -2.45. The quantitative estimate of drug-likeness (QED) is 0.405. The number of nitrogens with zero attached hydrogens (tertiary/aromatic N) is 3. The summed E-state index contributed by atoms with van der Waals surface area (Å²) in [6.07, 6.45) is 10.9. The Balaban J connectivity index is 1.27. The van der Waals surface area contributed by atoms with Crippen LogP contribution in [-0.4, -0.2) is 60.6 Å². The molecule has 0 unspecified atom stereocenters. The lowest BCUT2D eigenvalue weighted by atomic mass is 9.73. The van der Waals surface area contributed by atoms with Crippen molar-refractivity contribution in [1.82, 2.24) is 14.8 Å². The van der Waals surface area contributed by atoms with Crippen LogP contribution in [-0.2, 0) is 24.2 Å². The summed E-state index contributed by atoms with van der Waals surface area (Å²) >= 11 is 0. The van der Waals surface area contributed by atoms with Crippen molar-refractivity contribution in [2.45, 2.75) is 58.4 Å². The first-order valence-electron chi connectivity index (χ1n) is 14.8. The number of piperidine rings is 1. The second-order valence-electron chi connectivity index (χ2n) is 11.6. The number of amides is 1. The molecule has 6 heteroatoms. The van der Waals surface area contributed by atoms with Gasteiger partial charge in [-0.25, -0.2) is 0 Å². The van der Waals surface area contributed by atoms with Gasteiger partial charge in [-0.15, -0.1) is 0 Å². The third-order valence-corrected chi connectivity index (χ3v) is 8.72. The van der Waals surface area contributed by atoms with Crippen LogP contribution in [0.25, 0.3) is 0 Å². The van der Waals surface area contributed by atoms with Crippen molar-refractivity contribution in [2.24, 2.45) is 5.41 Å². The average Bonchev–Trinajstić information content (AvgIpc) is 2.96. The predicted molar refractivity (Wildman–Crippen MR) is 159 cm³/mol. The zero-order valence-corrected chi connectivity index (χ0v) is 24.1. The minimum atomic E-state index is 0.203. The Bertz CT molecular complexity index is 1250. The third kappa shape index (κ3) is 7.22. The molecule has 2 aliphatic rings. The van der Waals surface area contributed by atoms with Crippen molar-refractivity contribution in [3.05, 3.63) is 89.2 Å². The van der Waals surface area contributed by atoms with E-state index in [1.54, 1.807) is 7.11 Å². The summed E-state index contributed by atoms with van der Waals surface area (Å²) in [5.74, 6) is 2.12. The fraction of sp³-hybridized carbons (Fsp3) is 0.471.